The minimum absolute atomic E-state index is 0.742. The first-order chi connectivity index (χ1) is 13.2. The number of likely N-dealkylation sites (tertiary alicyclic amines) is 1. The number of imidazole rings is 1. The van der Waals surface area contributed by atoms with Crippen LogP contribution in [0, 0.1) is 5.92 Å². The van der Waals surface area contributed by atoms with E-state index in [2.05, 4.69) is 52.9 Å². The Morgan fingerprint density at radius 1 is 1.04 bits per heavy atom. The van der Waals surface area contributed by atoms with E-state index in [1.54, 1.807) is 0 Å². The maximum Gasteiger partial charge on any atom is 0.123 e. The standard InChI is InChI=1S/C23H28ClN3/c1-26-21-12-6-11-20(24)23(21)25-22(26)17-27-15-13-19(14-16-27)10-5-9-18-7-3-2-4-8-18/h2-4,6-8,11-12,19H,5,9-10,13-17H2,1H3. The minimum atomic E-state index is 0.742. The molecule has 4 heteroatoms. The normalized spacial score (nSPS) is 16.2. The molecule has 0 aliphatic carbocycles. The largest absolute Gasteiger partial charge is 0.330 e. The first-order valence-electron chi connectivity index (χ1n) is 10.1. The van der Waals surface area contributed by atoms with Crippen molar-refractivity contribution in [2.45, 2.75) is 38.6 Å². The zero-order chi connectivity index (χ0) is 18.6. The van der Waals surface area contributed by atoms with Gasteiger partial charge in [-0.25, -0.2) is 4.98 Å². The second kappa shape index (κ2) is 8.45. The van der Waals surface area contributed by atoms with Gasteiger partial charge in [0.25, 0.3) is 0 Å². The first-order valence-corrected chi connectivity index (χ1v) is 10.4. The highest BCUT2D eigenvalue weighted by Gasteiger charge is 2.21. The Morgan fingerprint density at radius 3 is 2.56 bits per heavy atom. The van der Waals surface area contributed by atoms with Crippen LogP contribution in [0.15, 0.2) is 48.5 Å². The summed E-state index contributed by atoms with van der Waals surface area (Å²) in [7, 11) is 2.09. The summed E-state index contributed by atoms with van der Waals surface area (Å²) in [6, 6.07) is 16.9. The summed E-state index contributed by atoms with van der Waals surface area (Å²) in [6.07, 6.45) is 6.48. The van der Waals surface area contributed by atoms with Crippen LogP contribution in [0.3, 0.4) is 0 Å². The Hall–Kier alpha value is -1.84. The van der Waals surface area contributed by atoms with Gasteiger partial charge >= 0.3 is 0 Å². The van der Waals surface area contributed by atoms with E-state index >= 15 is 0 Å². The van der Waals surface area contributed by atoms with Crippen molar-refractivity contribution in [2.75, 3.05) is 13.1 Å². The van der Waals surface area contributed by atoms with Crippen molar-refractivity contribution in [3.8, 4) is 0 Å². The smallest absolute Gasteiger partial charge is 0.123 e. The van der Waals surface area contributed by atoms with Crippen LogP contribution in [0.5, 0.6) is 0 Å². The molecule has 0 radical (unpaired) electrons. The molecule has 2 aromatic carbocycles. The third-order valence-corrected chi connectivity index (χ3v) is 6.25. The van der Waals surface area contributed by atoms with Crippen molar-refractivity contribution in [3.63, 3.8) is 0 Å². The molecule has 1 aromatic heterocycles. The molecule has 1 aliphatic heterocycles. The van der Waals surface area contributed by atoms with E-state index in [0.29, 0.717) is 0 Å². The lowest BCUT2D eigenvalue weighted by molar-refractivity contribution is 0.166. The Balaban J connectivity index is 1.27. The SMILES string of the molecule is Cn1c(CN2CCC(CCCc3ccccc3)CC2)nc2c(Cl)cccc21. The molecule has 0 atom stereocenters. The molecule has 1 aliphatic rings. The maximum absolute atomic E-state index is 6.31. The van der Waals surface area contributed by atoms with Gasteiger partial charge in [0.05, 0.1) is 17.1 Å². The van der Waals surface area contributed by atoms with Crippen LogP contribution in [0.2, 0.25) is 5.02 Å². The Labute approximate surface area is 167 Å². The summed E-state index contributed by atoms with van der Waals surface area (Å²) in [5.74, 6) is 1.99. The second-order valence-corrected chi connectivity index (χ2v) is 8.20. The second-order valence-electron chi connectivity index (χ2n) is 7.79. The summed E-state index contributed by atoms with van der Waals surface area (Å²) >= 11 is 6.31. The number of rotatable bonds is 6. The third-order valence-electron chi connectivity index (χ3n) is 5.95. The predicted octanol–water partition coefficient (Wildman–Crippen LogP) is 5.46. The number of aromatic nitrogens is 2. The fourth-order valence-corrected chi connectivity index (χ4v) is 4.45. The zero-order valence-electron chi connectivity index (χ0n) is 16.1. The molecule has 0 spiro atoms. The van der Waals surface area contributed by atoms with Gasteiger partial charge < -0.3 is 4.57 Å². The molecule has 3 aromatic rings. The summed E-state index contributed by atoms with van der Waals surface area (Å²) in [4.78, 5) is 7.34. The molecule has 0 bridgehead atoms. The van der Waals surface area contributed by atoms with Gasteiger partial charge in [0.1, 0.15) is 11.3 Å². The molecule has 0 N–H and O–H groups in total. The van der Waals surface area contributed by atoms with Crippen molar-refractivity contribution in [3.05, 3.63) is 64.9 Å². The molecular formula is C23H28ClN3. The number of fused-ring (bicyclic) bond motifs is 1. The van der Waals surface area contributed by atoms with E-state index in [4.69, 9.17) is 16.6 Å². The predicted molar refractivity (Wildman–Crippen MR) is 113 cm³/mol. The van der Waals surface area contributed by atoms with Crippen LogP contribution in [-0.2, 0) is 20.0 Å². The molecule has 0 amide bonds. The van der Waals surface area contributed by atoms with E-state index < -0.39 is 0 Å². The summed E-state index contributed by atoms with van der Waals surface area (Å²) < 4.78 is 2.19. The molecule has 27 heavy (non-hydrogen) atoms. The lowest BCUT2D eigenvalue weighted by Gasteiger charge is -2.31. The van der Waals surface area contributed by atoms with Crippen molar-refractivity contribution in [1.29, 1.82) is 0 Å². The maximum atomic E-state index is 6.31. The average Bonchev–Trinajstić information content (AvgIpc) is 3.01. The van der Waals surface area contributed by atoms with E-state index in [-0.39, 0.29) is 0 Å². The molecule has 142 valence electrons. The highest BCUT2D eigenvalue weighted by atomic mass is 35.5. The van der Waals surface area contributed by atoms with Gasteiger partial charge in [0.15, 0.2) is 0 Å². The highest BCUT2D eigenvalue weighted by Crippen LogP contribution is 2.26. The van der Waals surface area contributed by atoms with Gasteiger partial charge in [0.2, 0.25) is 0 Å². The number of benzene rings is 2. The molecule has 0 unspecified atom stereocenters. The average molecular weight is 382 g/mol. The van der Waals surface area contributed by atoms with Crippen molar-refractivity contribution in [2.24, 2.45) is 13.0 Å². The molecule has 3 nitrogen and oxygen atoms in total. The van der Waals surface area contributed by atoms with E-state index in [1.165, 1.54) is 50.8 Å². The van der Waals surface area contributed by atoms with Crippen LogP contribution in [0.25, 0.3) is 11.0 Å². The molecule has 1 fully saturated rings. The van der Waals surface area contributed by atoms with Gasteiger partial charge in [-0.2, -0.15) is 0 Å². The summed E-state index contributed by atoms with van der Waals surface area (Å²) in [5.41, 5.74) is 3.51. The van der Waals surface area contributed by atoms with Gasteiger partial charge in [-0.3, -0.25) is 4.90 Å². The first kappa shape index (κ1) is 18.5. The van der Waals surface area contributed by atoms with Crippen LogP contribution in [-0.4, -0.2) is 27.5 Å². The van der Waals surface area contributed by atoms with Crippen LogP contribution in [0.1, 0.15) is 37.1 Å². The number of para-hydroxylation sites is 1. The number of halogens is 1. The van der Waals surface area contributed by atoms with Crippen molar-refractivity contribution >= 4 is 22.6 Å². The van der Waals surface area contributed by atoms with Crippen LogP contribution in [0.4, 0.5) is 0 Å². The van der Waals surface area contributed by atoms with Crippen molar-refractivity contribution < 1.29 is 0 Å². The van der Waals surface area contributed by atoms with Crippen molar-refractivity contribution in [1.82, 2.24) is 14.5 Å². The Kier molecular flexibility index (Phi) is 5.80. The van der Waals surface area contributed by atoms with E-state index in [9.17, 15) is 0 Å². The lowest BCUT2D eigenvalue weighted by Crippen LogP contribution is -2.34. The number of piperidine rings is 1. The Bertz CT molecular complexity index is 879. The summed E-state index contributed by atoms with van der Waals surface area (Å²) in [5, 5.41) is 0.742. The van der Waals surface area contributed by atoms with Crippen LogP contribution >= 0.6 is 11.6 Å². The third kappa shape index (κ3) is 4.36. The monoisotopic (exact) mass is 381 g/mol. The highest BCUT2D eigenvalue weighted by molar-refractivity contribution is 6.34. The fourth-order valence-electron chi connectivity index (χ4n) is 4.24. The quantitative estimate of drug-likeness (QED) is 0.565. The fraction of sp³-hybridized carbons (Fsp3) is 0.435. The topological polar surface area (TPSA) is 21.1 Å². The number of hydrogen-bond donors (Lipinski definition) is 0. The molecule has 4 rings (SSSR count). The van der Waals surface area contributed by atoms with Crippen LogP contribution < -0.4 is 0 Å². The lowest BCUT2D eigenvalue weighted by atomic mass is 9.91. The minimum Gasteiger partial charge on any atom is -0.330 e. The molecule has 0 saturated carbocycles. The summed E-state index contributed by atoms with van der Waals surface area (Å²) in [6.45, 7) is 3.26. The molecule has 1 saturated heterocycles. The van der Waals surface area contributed by atoms with Gasteiger partial charge in [-0.15, -0.1) is 0 Å². The van der Waals surface area contributed by atoms with Gasteiger partial charge in [-0.1, -0.05) is 54.4 Å². The zero-order valence-corrected chi connectivity index (χ0v) is 16.8. The number of hydrogen-bond acceptors (Lipinski definition) is 2. The van der Waals surface area contributed by atoms with E-state index in [1.807, 2.05) is 12.1 Å². The molecular weight excluding hydrogens is 354 g/mol. The Morgan fingerprint density at radius 2 is 1.81 bits per heavy atom. The van der Waals surface area contributed by atoms with E-state index in [0.717, 1.165) is 34.3 Å². The number of nitrogens with zero attached hydrogens (tertiary/aromatic N) is 3. The van der Waals surface area contributed by atoms with Gasteiger partial charge in [-0.05, 0) is 62.4 Å². The number of aryl methyl sites for hydroxylation is 2. The molecule has 2 heterocycles. The van der Waals surface area contributed by atoms with Gasteiger partial charge in [0, 0.05) is 7.05 Å².